The van der Waals surface area contributed by atoms with E-state index in [2.05, 4.69) is 46.7 Å². The van der Waals surface area contributed by atoms with E-state index in [1.807, 2.05) is 25.3 Å². The lowest BCUT2D eigenvalue weighted by Crippen LogP contribution is -2.17. The normalized spacial score (nSPS) is 11.0. The van der Waals surface area contributed by atoms with Gasteiger partial charge in [0.1, 0.15) is 11.5 Å². The number of nitrogens with zero attached hydrogens (tertiary/aromatic N) is 1. The highest BCUT2D eigenvalue weighted by Crippen LogP contribution is 2.23. The first-order valence-electron chi connectivity index (χ1n) is 7.58. The number of rotatable bonds is 6. The second-order valence-corrected chi connectivity index (χ2v) is 5.53. The van der Waals surface area contributed by atoms with Gasteiger partial charge < -0.3 is 9.73 Å². The third kappa shape index (κ3) is 3.28. The maximum Gasteiger partial charge on any atom is 0.152 e. The minimum atomic E-state index is 0.775. The minimum Gasteiger partial charge on any atom is -0.460 e. The lowest BCUT2D eigenvalue weighted by Gasteiger charge is -2.07. The molecule has 0 saturated carbocycles. The van der Waals surface area contributed by atoms with Crippen molar-refractivity contribution >= 4 is 0 Å². The van der Waals surface area contributed by atoms with E-state index in [4.69, 9.17) is 4.42 Å². The van der Waals surface area contributed by atoms with E-state index in [0.717, 1.165) is 42.3 Å². The highest BCUT2D eigenvalue weighted by molar-refractivity contribution is 5.56. The standard InChI is InChI=1S/C18H21N3O/c1-13-5-3-4-6-15(13)9-10-19-11-16-12-20-21-18(16)17-8-7-14(2)22-17/h3-8,12,19H,9-11H2,1-2H3,(H,20,21). The number of aryl methyl sites for hydroxylation is 2. The summed E-state index contributed by atoms with van der Waals surface area (Å²) in [5, 5.41) is 10.6. The zero-order chi connectivity index (χ0) is 15.4. The predicted octanol–water partition coefficient (Wildman–Crippen LogP) is 3.62. The molecule has 0 aliphatic rings. The van der Waals surface area contributed by atoms with Gasteiger partial charge in [0, 0.05) is 12.1 Å². The molecule has 0 atom stereocenters. The largest absolute Gasteiger partial charge is 0.460 e. The summed E-state index contributed by atoms with van der Waals surface area (Å²) >= 11 is 0. The first kappa shape index (κ1) is 14.6. The quantitative estimate of drug-likeness (QED) is 0.683. The molecular weight excluding hydrogens is 274 g/mol. The molecule has 114 valence electrons. The van der Waals surface area contributed by atoms with Crippen LogP contribution in [-0.4, -0.2) is 16.7 Å². The van der Waals surface area contributed by atoms with Crippen molar-refractivity contribution < 1.29 is 4.42 Å². The zero-order valence-electron chi connectivity index (χ0n) is 13.0. The average molecular weight is 295 g/mol. The van der Waals surface area contributed by atoms with Crippen LogP contribution in [0.25, 0.3) is 11.5 Å². The summed E-state index contributed by atoms with van der Waals surface area (Å²) in [6, 6.07) is 12.4. The molecule has 4 heteroatoms. The Hall–Kier alpha value is -2.33. The Bertz CT molecular complexity index is 742. The molecule has 0 unspecified atom stereocenters. The first-order chi connectivity index (χ1) is 10.7. The van der Waals surface area contributed by atoms with Crippen molar-refractivity contribution in [1.82, 2.24) is 15.5 Å². The Morgan fingerprint density at radius 3 is 2.73 bits per heavy atom. The second kappa shape index (κ2) is 6.62. The van der Waals surface area contributed by atoms with Gasteiger partial charge in [-0.15, -0.1) is 0 Å². The number of H-pyrrole nitrogens is 1. The molecule has 4 nitrogen and oxygen atoms in total. The Labute approximate surface area is 130 Å². The molecule has 3 aromatic rings. The zero-order valence-corrected chi connectivity index (χ0v) is 13.0. The molecule has 1 aromatic carbocycles. The molecule has 0 bridgehead atoms. The van der Waals surface area contributed by atoms with Crippen molar-refractivity contribution in [3.63, 3.8) is 0 Å². The van der Waals surface area contributed by atoms with E-state index in [1.165, 1.54) is 11.1 Å². The molecule has 2 aromatic heterocycles. The van der Waals surface area contributed by atoms with Crippen molar-refractivity contribution in [1.29, 1.82) is 0 Å². The van der Waals surface area contributed by atoms with Crippen LogP contribution in [0, 0.1) is 13.8 Å². The van der Waals surface area contributed by atoms with Crippen LogP contribution < -0.4 is 5.32 Å². The molecule has 0 amide bonds. The van der Waals surface area contributed by atoms with Crippen LogP contribution in [0.3, 0.4) is 0 Å². The Morgan fingerprint density at radius 2 is 1.95 bits per heavy atom. The van der Waals surface area contributed by atoms with Gasteiger partial charge in [0.2, 0.25) is 0 Å². The molecule has 3 rings (SSSR count). The number of hydrogen-bond donors (Lipinski definition) is 2. The molecule has 0 radical (unpaired) electrons. The summed E-state index contributed by atoms with van der Waals surface area (Å²) in [6.45, 7) is 5.81. The smallest absolute Gasteiger partial charge is 0.152 e. The van der Waals surface area contributed by atoms with Crippen molar-refractivity contribution in [2.24, 2.45) is 0 Å². The van der Waals surface area contributed by atoms with E-state index >= 15 is 0 Å². The first-order valence-corrected chi connectivity index (χ1v) is 7.58. The molecule has 22 heavy (non-hydrogen) atoms. The fourth-order valence-corrected chi connectivity index (χ4v) is 2.56. The van der Waals surface area contributed by atoms with Gasteiger partial charge in [0.25, 0.3) is 0 Å². The fraction of sp³-hybridized carbons (Fsp3) is 0.278. The molecule has 2 N–H and O–H groups in total. The van der Waals surface area contributed by atoms with E-state index < -0.39 is 0 Å². The van der Waals surface area contributed by atoms with Gasteiger partial charge in [-0.3, -0.25) is 5.10 Å². The highest BCUT2D eigenvalue weighted by atomic mass is 16.3. The van der Waals surface area contributed by atoms with Crippen molar-refractivity contribution in [3.8, 4) is 11.5 Å². The van der Waals surface area contributed by atoms with E-state index in [0.29, 0.717) is 0 Å². The topological polar surface area (TPSA) is 53.9 Å². The van der Waals surface area contributed by atoms with Gasteiger partial charge in [-0.2, -0.15) is 5.10 Å². The summed E-state index contributed by atoms with van der Waals surface area (Å²) in [5.74, 6) is 1.74. The average Bonchev–Trinajstić information content (AvgIpc) is 3.14. The van der Waals surface area contributed by atoms with Crippen LogP contribution in [0.15, 0.2) is 47.0 Å². The molecule has 0 aliphatic carbocycles. The predicted molar refractivity (Wildman–Crippen MR) is 87.6 cm³/mol. The summed E-state index contributed by atoms with van der Waals surface area (Å²) < 4.78 is 5.66. The number of nitrogens with one attached hydrogen (secondary N) is 2. The van der Waals surface area contributed by atoms with Crippen molar-refractivity contribution in [3.05, 3.63) is 65.0 Å². The maximum absolute atomic E-state index is 5.66. The highest BCUT2D eigenvalue weighted by Gasteiger charge is 2.10. The van der Waals surface area contributed by atoms with Crippen LogP contribution in [0.5, 0.6) is 0 Å². The van der Waals surface area contributed by atoms with Gasteiger partial charge in [-0.1, -0.05) is 24.3 Å². The number of aromatic amines is 1. The molecule has 0 saturated heterocycles. The van der Waals surface area contributed by atoms with Crippen LogP contribution in [0.2, 0.25) is 0 Å². The number of hydrogen-bond acceptors (Lipinski definition) is 3. The molecule has 0 aliphatic heterocycles. The molecule has 0 fully saturated rings. The van der Waals surface area contributed by atoms with Gasteiger partial charge in [0.05, 0.1) is 6.20 Å². The summed E-state index contributed by atoms with van der Waals surface area (Å²) in [7, 11) is 0. The van der Waals surface area contributed by atoms with Crippen molar-refractivity contribution in [2.75, 3.05) is 6.54 Å². The van der Waals surface area contributed by atoms with Crippen LogP contribution in [0.1, 0.15) is 22.5 Å². The Morgan fingerprint density at radius 1 is 1.09 bits per heavy atom. The van der Waals surface area contributed by atoms with Crippen LogP contribution in [-0.2, 0) is 13.0 Å². The van der Waals surface area contributed by atoms with Gasteiger partial charge in [0.15, 0.2) is 5.76 Å². The Balaban J connectivity index is 1.57. The van der Waals surface area contributed by atoms with Crippen LogP contribution in [0.4, 0.5) is 0 Å². The van der Waals surface area contributed by atoms with Gasteiger partial charge in [-0.25, -0.2) is 0 Å². The SMILES string of the molecule is Cc1ccc(-c2[nH]ncc2CNCCc2ccccc2C)o1. The molecular formula is C18H21N3O. The Kier molecular flexibility index (Phi) is 4.39. The number of benzene rings is 1. The summed E-state index contributed by atoms with van der Waals surface area (Å²) in [5.41, 5.74) is 4.82. The van der Waals surface area contributed by atoms with E-state index in [9.17, 15) is 0 Å². The van der Waals surface area contributed by atoms with E-state index in [1.54, 1.807) is 0 Å². The second-order valence-electron chi connectivity index (χ2n) is 5.53. The lowest BCUT2D eigenvalue weighted by molar-refractivity contribution is 0.545. The number of aromatic nitrogens is 2. The summed E-state index contributed by atoms with van der Waals surface area (Å²) in [6.07, 6.45) is 2.88. The van der Waals surface area contributed by atoms with Gasteiger partial charge >= 0.3 is 0 Å². The lowest BCUT2D eigenvalue weighted by atomic mass is 10.1. The fourth-order valence-electron chi connectivity index (χ4n) is 2.56. The van der Waals surface area contributed by atoms with Gasteiger partial charge in [-0.05, 0) is 50.1 Å². The number of furan rings is 1. The summed E-state index contributed by atoms with van der Waals surface area (Å²) in [4.78, 5) is 0. The van der Waals surface area contributed by atoms with E-state index in [-0.39, 0.29) is 0 Å². The minimum absolute atomic E-state index is 0.775. The third-order valence-corrected chi connectivity index (χ3v) is 3.85. The third-order valence-electron chi connectivity index (χ3n) is 3.85. The molecule has 2 heterocycles. The molecule has 0 spiro atoms. The monoisotopic (exact) mass is 295 g/mol. The van der Waals surface area contributed by atoms with Crippen molar-refractivity contribution in [2.45, 2.75) is 26.8 Å². The van der Waals surface area contributed by atoms with Crippen LogP contribution >= 0.6 is 0 Å². The maximum atomic E-state index is 5.66.